The predicted molar refractivity (Wildman–Crippen MR) is 117 cm³/mol. The van der Waals surface area contributed by atoms with Crippen molar-refractivity contribution < 1.29 is 5.21 Å². The van der Waals surface area contributed by atoms with Crippen molar-refractivity contribution in [3.63, 3.8) is 0 Å². The van der Waals surface area contributed by atoms with Crippen LogP contribution < -0.4 is 0 Å². The zero-order valence-corrected chi connectivity index (χ0v) is 18.7. The van der Waals surface area contributed by atoms with Gasteiger partial charge in [-0.1, -0.05) is 110 Å². The van der Waals surface area contributed by atoms with Crippen molar-refractivity contribution in [1.82, 2.24) is 0 Å². The molecular weight excluding hydrogens is 318 g/mol. The molecule has 1 N–H and O–H groups in total. The number of hydrogen-bond acceptors (Lipinski definition) is 2. The number of oxime groups is 1. The second-order valence-electron chi connectivity index (χ2n) is 9.19. The van der Waals surface area contributed by atoms with E-state index in [1.807, 2.05) is 0 Å². The molecule has 0 saturated heterocycles. The topological polar surface area (TPSA) is 32.6 Å². The minimum absolute atomic E-state index is 0.465. The Morgan fingerprint density at radius 1 is 0.654 bits per heavy atom. The molecule has 156 valence electrons. The highest BCUT2D eigenvalue weighted by Gasteiger charge is 2.19. The van der Waals surface area contributed by atoms with E-state index in [0.717, 1.165) is 25.0 Å². The first-order valence-electron chi connectivity index (χ1n) is 11.7. The van der Waals surface area contributed by atoms with Crippen molar-refractivity contribution in [2.75, 3.05) is 0 Å². The molecule has 0 rings (SSSR count). The summed E-state index contributed by atoms with van der Waals surface area (Å²) in [5.74, 6) is 1.79. The lowest BCUT2D eigenvalue weighted by Crippen LogP contribution is -2.19. The van der Waals surface area contributed by atoms with Gasteiger partial charge in [-0.2, -0.15) is 0 Å². The van der Waals surface area contributed by atoms with Gasteiger partial charge in [-0.05, 0) is 37.5 Å². The van der Waals surface area contributed by atoms with Crippen molar-refractivity contribution in [3.8, 4) is 0 Å². The van der Waals surface area contributed by atoms with Gasteiger partial charge < -0.3 is 5.21 Å². The molecule has 0 aromatic heterocycles. The van der Waals surface area contributed by atoms with E-state index in [2.05, 4.69) is 39.8 Å². The first kappa shape index (κ1) is 25.5. The van der Waals surface area contributed by atoms with E-state index < -0.39 is 0 Å². The maximum atomic E-state index is 9.49. The third-order valence-electron chi connectivity index (χ3n) is 5.40. The lowest BCUT2D eigenvalue weighted by atomic mass is 9.84. The van der Waals surface area contributed by atoms with Gasteiger partial charge in [0.15, 0.2) is 0 Å². The molecule has 0 aliphatic rings. The van der Waals surface area contributed by atoms with E-state index in [1.165, 1.54) is 77.0 Å². The van der Waals surface area contributed by atoms with E-state index in [0.29, 0.717) is 17.8 Å². The number of hydrogen-bond donors (Lipinski definition) is 1. The maximum absolute atomic E-state index is 9.49. The Labute approximate surface area is 165 Å². The smallest absolute Gasteiger partial charge is 0.0601 e. The van der Waals surface area contributed by atoms with Crippen LogP contribution in [0.1, 0.15) is 131 Å². The fourth-order valence-corrected chi connectivity index (χ4v) is 3.99. The number of unbranched alkanes of at least 4 members (excludes halogenated alkanes) is 11. The standard InChI is InChI=1S/C24H49NO/c1-6-7-8-9-10-11-12-13-14-15-16-17-18-24(25-26)23(19-21(2)3)20-22(4)5/h21-23,26H,6-20H2,1-5H3. The first-order chi connectivity index (χ1) is 12.5. The summed E-state index contributed by atoms with van der Waals surface area (Å²) in [6.07, 6.45) is 19.8. The Morgan fingerprint density at radius 3 is 1.38 bits per heavy atom. The molecule has 0 heterocycles. The van der Waals surface area contributed by atoms with Gasteiger partial charge >= 0.3 is 0 Å². The average molecular weight is 368 g/mol. The summed E-state index contributed by atoms with van der Waals surface area (Å²) in [5, 5.41) is 13.2. The Morgan fingerprint density at radius 2 is 1.04 bits per heavy atom. The second kappa shape index (κ2) is 17.9. The first-order valence-corrected chi connectivity index (χ1v) is 11.7. The summed E-state index contributed by atoms with van der Waals surface area (Å²) < 4.78 is 0. The van der Waals surface area contributed by atoms with E-state index >= 15 is 0 Å². The molecule has 2 heteroatoms. The van der Waals surface area contributed by atoms with Crippen LogP contribution in [0.5, 0.6) is 0 Å². The van der Waals surface area contributed by atoms with Crippen molar-refractivity contribution >= 4 is 5.71 Å². The predicted octanol–water partition coefficient (Wildman–Crippen LogP) is 8.62. The highest BCUT2D eigenvalue weighted by Crippen LogP contribution is 2.24. The Hall–Kier alpha value is -0.530. The molecule has 0 saturated carbocycles. The Balaban J connectivity index is 3.75. The third-order valence-corrected chi connectivity index (χ3v) is 5.40. The van der Waals surface area contributed by atoms with Crippen LogP contribution in [0, 0.1) is 17.8 Å². The van der Waals surface area contributed by atoms with Gasteiger partial charge in [-0.3, -0.25) is 0 Å². The van der Waals surface area contributed by atoms with Crippen LogP contribution in [-0.4, -0.2) is 10.9 Å². The lowest BCUT2D eigenvalue weighted by Gasteiger charge is -2.22. The highest BCUT2D eigenvalue weighted by molar-refractivity contribution is 5.86. The quantitative estimate of drug-likeness (QED) is 0.112. The monoisotopic (exact) mass is 367 g/mol. The fraction of sp³-hybridized carbons (Fsp3) is 0.958. The van der Waals surface area contributed by atoms with Gasteiger partial charge in [0.1, 0.15) is 0 Å². The van der Waals surface area contributed by atoms with Gasteiger partial charge in [-0.15, -0.1) is 0 Å². The molecule has 0 aliphatic heterocycles. The van der Waals surface area contributed by atoms with Gasteiger partial charge in [0.25, 0.3) is 0 Å². The van der Waals surface area contributed by atoms with E-state index in [9.17, 15) is 5.21 Å². The van der Waals surface area contributed by atoms with Crippen molar-refractivity contribution in [2.45, 2.75) is 131 Å². The molecular formula is C24H49NO. The molecule has 0 bridgehead atoms. The molecule has 0 unspecified atom stereocenters. The van der Waals surface area contributed by atoms with Crippen LogP contribution in [-0.2, 0) is 0 Å². The largest absolute Gasteiger partial charge is 0.411 e. The minimum atomic E-state index is 0.465. The van der Waals surface area contributed by atoms with Crippen LogP contribution in [0.4, 0.5) is 0 Å². The normalized spacial score (nSPS) is 12.7. The van der Waals surface area contributed by atoms with Crippen molar-refractivity contribution in [3.05, 3.63) is 0 Å². The van der Waals surface area contributed by atoms with Gasteiger partial charge in [0, 0.05) is 5.92 Å². The Bertz CT molecular complexity index is 312. The number of nitrogens with zero attached hydrogens (tertiary/aromatic N) is 1. The lowest BCUT2D eigenvalue weighted by molar-refractivity contribution is 0.306. The zero-order chi connectivity index (χ0) is 19.6. The maximum Gasteiger partial charge on any atom is 0.0601 e. The summed E-state index contributed by atoms with van der Waals surface area (Å²) in [6.45, 7) is 11.4. The van der Waals surface area contributed by atoms with Crippen molar-refractivity contribution in [2.24, 2.45) is 22.9 Å². The molecule has 0 fully saturated rings. The van der Waals surface area contributed by atoms with Crippen LogP contribution in [0.3, 0.4) is 0 Å². The zero-order valence-electron chi connectivity index (χ0n) is 18.7. The van der Waals surface area contributed by atoms with Gasteiger partial charge in [0.05, 0.1) is 5.71 Å². The summed E-state index contributed by atoms with van der Waals surface area (Å²) in [4.78, 5) is 0. The second-order valence-corrected chi connectivity index (χ2v) is 9.19. The summed E-state index contributed by atoms with van der Waals surface area (Å²) in [6, 6.07) is 0. The Kier molecular flexibility index (Phi) is 17.5. The molecule has 2 nitrogen and oxygen atoms in total. The van der Waals surface area contributed by atoms with Crippen LogP contribution in [0.2, 0.25) is 0 Å². The SMILES string of the molecule is CCCCCCCCCCCCCCC(=NO)C(CC(C)C)CC(C)C. The fourth-order valence-electron chi connectivity index (χ4n) is 3.99. The minimum Gasteiger partial charge on any atom is -0.411 e. The molecule has 0 amide bonds. The van der Waals surface area contributed by atoms with Gasteiger partial charge in [-0.25, -0.2) is 0 Å². The van der Waals surface area contributed by atoms with Gasteiger partial charge in [0.2, 0.25) is 0 Å². The van der Waals surface area contributed by atoms with E-state index in [-0.39, 0.29) is 0 Å². The van der Waals surface area contributed by atoms with Crippen LogP contribution in [0.15, 0.2) is 5.16 Å². The molecule has 0 radical (unpaired) electrons. The third kappa shape index (κ3) is 15.7. The molecule has 0 aromatic carbocycles. The summed E-state index contributed by atoms with van der Waals surface area (Å²) in [5.41, 5.74) is 1.06. The van der Waals surface area contributed by atoms with E-state index in [1.54, 1.807) is 0 Å². The molecule has 0 aromatic rings. The molecule has 26 heavy (non-hydrogen) atoms. The highest BCUT2D eigenvalue weighted by atomic mass is 16.4. The van der Waals surface area contributed by atoms with Crippen LogP contribution in [0.25, 0.3) is 0 Å². The van der Waals surface area contributed by atoms with E-state index in [4.69, 9.17) is 0 Å². The number of rotatable bonds is 18. The summed E-state index contributed by atoms with van der Waals surface area (Å²) >= 11 is 0. The molecule has 0 aliphatic carbocycles. The summed E-state index contributed by atoms with van der Waals surface area (Å²) in [7, 11) is 0. The molecule has 0 spiro atoms. The average Bonchev–Trinajstić information content (AvgIpc) is 2.58. The van der Waals surface area contributed by atoms with Crippen LogP contribution >= 0.6 is 0 Å². The van der Waals surface area contributed by atoms with Crippen molar-refractivity contribution in [1.29, 1.82) is 0 Å². The molecule has 0 atom stereocenters.